The van der Waals surface area contributed by atoms with Gasteiger partial charge in [-0.1, -0.05) is 0 Å². The molecule has 0 N–H and O–H groups in total. The molecule has 5 heteroatoms. The standard InChI is InChI=1S/C11H11NO4/c1-14-9-3-4-10(8(5-9)6-12)16-7-11(13)15-2/h3-5H,7H2,1-2H3. The Morgan fingerprint density at radius 2 is 2.19 bits per heavy atom. The fourth-order valence-electron chi connectivity index (χ4n) is 1.04. The molecule has 0 unspecified atom stereocenters. The van der Waals surface area contributed by atoms with Crippen LogP contribution in [0.3, 0.4) is 0 Å². The van der Waals surface area contributed by atoms with Crippen molar-refractivity contribution < 1.29 is 19.0 Å². The van der Waals surface area contributed by atoms with Crippen LogP contribution in [-0.4, -0.2) is 26.8 Å². The Morgan fingerprint density at radius 1 is 1.44 bits per heavy atom. The largest absolute Gasteiger partial charge is 0.497 e. The van der Waals surface area contributed by atoms with Crippen LogP contribution >= 0.6 is 0 Å². The Morgan fingerprint density at radius 3 is 2.75 bits per heavy atom. The summed E-state index contributed by atoms with van der Waals surface area (Å²) in [7, 11) is 2.77. The number of methoxy groups -OCH3 is 2. The Labute approximate surface area is 93.2 Å². The Hall–Kier alpha value is -2.22. The summed E-state index contributed by atoms with van der Waals surface area (Å²) in [5.41, 5.74) is 0.309. The molecule has 84 valence electrons. The fraction of sp³-hybridized carbons (Fsp3) is 0.273. The van der Waals surface area contributed by atoms with E-state index < -0.39 is 5.97 Å². The smallest absolute Gasteiger partial charge is 0.343 e. The number of hydrogen-bond donors (Lipinski definition) is 0. The lowest BCUT2D eigenvalue weighted by molar-refractivity contribution is -0.142. The van der Waals surface area contributed by atoms with Gasteiger partial charge in [-0.15, -0.1) is 0 Å². The number of carbonyl (C=O) groups is 1. The quantitative estimate of drug-likeness (QED) is 0.712. The predicted molar refractivity (Wildman–Crippen MR) is 55.2 cm³/mol. The minimum Gasteiger partial charge on any atom is -0.497 e. The molecule has 0 aliphatic rings. The molecular formula is C11H11NO4. The number of rotatable bonds is 4. The molecule has 1 aromatic carbocycles. The van der Waals surface area contributed by atoms with Gasteiger partial charge >= 0.3 is 5.97 Å². The molecule has 0 heterocycles. The van der Waals surface area contributed by atoms with Crippen molar-refractivity contribution in [2.45, 2.75) is 0 Å². The van der Waals surface area contributed by atoms with E-state index in [9.17, 15) is 4.79 Å². The van der Waals surface area contributed by atoms with Crippen molar-refractivity contribution in [1.29, 1.82) is 5.26 Å². The molecule has 0 saturated carbocycles. The number of hydrogen-bond acceptors (Lipinski definition) is 5. The van der Waals surface area contributed by atoms with Gasteiger partial charge in [0.2, 0.25) is 0 Å². The second kappa shape index (κ2) is 5.61. The highest BCUT2D eigenvalue weighted by atomic mass is 16.6. The summed E-state index contributed by atoms with van der Waals surface area (Å²) in [6.45, 7) is -0.225. The lowest BCUT2D eigenvalue weighted by Gasteiger charge is -2.07. The number of carbonyl (C=O) groups excluding carboxylic acids is 1. The van der Waals surface area contributed by atoms with E-state index in [0.29, 0.717) is 17.1 Å². The third-order valence-corrected chi connectivity index (χ3v) is 1.88. The minimum atomic E-state index is -0.500. The number of nitrogens with zero attached hydrogens (tertiary/aromatic N) is 1. The third kappa shape index (κ3) is 2.89. The summed E-state index contributed by atoms with van der Waals surface area (Å²) in [5.74, 6) is 0.385. The van der Waals surface area contributed by atoms with Gasteiger partial charge in [0.05, 0.1) is 19.8 Å². The molecule has 0 bridgehead atoms. The molecule has 0 amide bonds. The van der Waals surface area contributed by atoms with Crippen molar-refractivity contribution in [2.75, 3.05) is 20.8 Å². The zero-order valence-electron chi connectivity index (χ0n) is 9.02. The van der Waals surface area contributed by atoms with E-state index in [1.54, 1.807) is 12.1 Å². The van der Waals surface area contributed by atoms with Crippen molar-refractivity contribution in [3.63, 3.8) is 0 Å². The van der Waals surface area contributed by atoms with Crippen LogP contribution in [-0.2, 0) is 9.53 Å². The molecule has 0 aliphatic heterocycles. The van der Waals surface area contributed by atoms with E-state index in [1.807, 2.05) is 6.07 Å². The first-order chi connectivity index (χ1) is 7.71. The Kier molecular flexibility index (Phi) is 4.16. The third-order valence-electron chi connectivity index (χ3n) is 1.88. The van der Waals surface area contributed by atoms with Crippen LogP contribution in [0.25, 0.3) is 0 Å². The van der Waals surface area contributed by atoms with Crippen LogP contribution in [0.15, 0.2) is 18.2 Å². The van der Waals surface area contributed by atoms with E-state index in [4.69, 9.17) is 14.7 Å². The number of nitriles is 1. The van der Waals surface area contributed by atoms with Gasteiger partial charge < -0.3 is 14.2 Å². The zero-order valence-corrected chi connectivity index (χ0v) is 9.02. The van der Waals surface area contributed by atoms with Gasteiger partial charge in [0.25, 0.3) is 0 Å². The summed E-state index contributed by atoms with van der Waals surface area (Å²) in [5, 5.41) is 8.86. The summed E-state index contributed by atoms with van der Waals surface area (Å²) in [6, 6.07) is 6.71. The predicted octanol–water partition coefficient (Wildman–Crippen LogP) is 1.12. The number of ether oxygens (including phenoxy) is 3. The van der Waals surface area contributed by atoms with Gasteiger partial charge in [-0.2, -0.15) is 5.26 Å². The molecule has 1 aromatic rings. The summed E-state index contributed by atoms with van der Waals surface area (Å²) >= 11 is 0. The summed E-state index contributed by atoms with van der Waals surface area (Å²) < 4.78 is 14.5. The molecule has 16 heavy (non-hydrogen) atoms. The zero-order chi connectivity index (χ0) is 12.0. The van der Waals surface area contributed by atoms with Gasteiger partial charge in [-0.05, 0) is 12.1 Å². The first-order valence-corrected chi connectivity index (χ1v) is 4.49. The molecule has 0 fully saturated rings. The van der Waals surface area contributed by atoms with Gasteiger partial charge in [0.1, 0.15) is 17.6 Å². The highest BCUT2D eigenvalue weighted by Crippen LogP contribution is 2.23. The number of benzene rings is 1. The van der Waals surface area contributed by atoms with Gasteiger partial charge in [-0.3, -0.25) is 0 Å². The first kappa shape index (κ1) is 11.9. The van der Waals surface area contributed by atoms with Crippen LogP contribution in [0, 0.1) is 11.3 Å². The van der Waals surface area contributed by atoms with E-state index in [2.05, 4.69) is 4.74 Å². The lowest BCUT2D eigenvalue weighted by Crippen LogP contribution is -2.13. The maximum Gasteiger partial charge on any atom is 0.343 e. The van der Waals surface area contributed by atoms with Crippen molar-refractivity contribution >= 4 is 5.97 Å². The minimum absolute atomic E-state index is 0.225. The highest BCUT2D eigenvalue weighted by Gasteiger charge is 2.07. The van der Waals surface area contributed by atoms with Crippen LogP contribution in [0.2, 0.25) is 0 Å². The maximum absolute atomic E-state index is 10.9. The Balaban J connectivity index is 2.80. The summed E-state index contributed by atoms with van der Waals surface area (Å²) in [4.78, 5) is 10.9. The summed E-state index contributed by atoms with van der Waals surface area (Å²) in [6.07, 6.45) is 0. The average Bonchev–Trinajstić information content (AvgIpc) is 2.35. The van der Waals surface area contributed by atoms with Crippen molar-refractivity contribution in [1.82, 2.24) is 0 Å². The molecule has 0 saturated heterocycles. The molecule has 0 spiro atoms. The molecule has 1 rings (SSSR count). The SMILES string of the molecule is COC(=O)COc1ccc(OC)cc1C#N. The van der Waals surface area contributed by atoms with Crippen LogP contribution in [0.5, 0.6) is 11.5 Å². The molecule has 5 nitrogen and oxygen atoms in total. The lowest BCUT2D eigenvalue weighted by atomic mass is 10.2. The average molecular weight is 221 g/mol. The van der Waals surface area contributed by atoms with Gasteiger partial charge in [0, 0.05) is 6.07 Å². The van der Waals surface area contributed by atoms with Gasteiger partial charge in [0.15, 0.2) is 6.61 Å². The maximum atomic E-state index is 10.9. The second-order valence-corrected chi connectivity index (χ2v) is 2.84. The van der Waals surface area contributed by atoms with Crippen LogP contribution in [0.1, 0.15) is 5.56 Å². The monoisotopic (exact) mass is 221 g/mol. The second-order valence-electron chi connectivity index (χ2n) is 2.84. The molecule has 0 atom stereocenters. The van der Waals surface area contributed by atoms with E-state index in [0.717, 1.165) is 0 Å². The highest BCUT2D eigenvalue weighted by molar-refractivity contribution is 5.71. The van der Waals surface area contributed by atoms with Crippen LogP contribution in [0.4, 0.5) is 0 Å². The first-order valence-electron chi connectivity index (χ1n) is 4.49. The molecule has 0 aliphatic carbocycles. The Bertz CT molecular complexity index is 422. The fourth-order valence-corrected chi connectivity index (χ4v) is 1.04. The molecule has 0 aromatic heterocycles. The van der Waals surface area contributed by atoms with Gasteiger partial charge in [-0.25, -0.2) is 4.79 Å². The molecular weight excluding hydrogens is 210 g/mol. The van der Waals surface area contributed by atoms with E-state index in [1.165, 1.54) is 20.3 Å². The number of esters is 1. The van der Waals surface area contributed by atoms with Crippen molar-refractivity contribution in [3.05, 3.63) is 23.8 Å². The van der Waals surface area contributed by atoms with Crippen molar-refractivity contribution in [2.24, 2.45) is 0 Å². The topological polar surface area (TPSA) is 68.6 Å². The molecule has 0 radical (unpaired) electrons. The normalized spacial score (nSPS) is 9.06. The van der Waals surface area contributed by atoms with E-state index in [-0.39, 0.29) is 6.61 Å². The van der Waals surface area contributed by atoms with Crippen LogP contribution < -0.4 is 9.47 Å². The van der Waals surface area contributed by atoms with E-state index >= 15 is 0 Å². The van der Waals surface area contributed by atoms with Crippen molar-refractivity contribution in [3.8, 4) is 17.6 Å².